The fourth-order valence-electron chi connectivity index (χ4n) is 1.90. The second kappa shape index (κ2) is 14.9. The molecule has 4 nitrogen and oxygen atoms in total. The molecule has 0 aromatic carbocycles. The van der Waals surface area contributed by atoms with Crippen LogP contribution in [0.5, 0.6) is 0 Å². The van der Waals surface area contributed by atoms with Crippen LogP contribution in [0.4, 0.5) is 0 Å². The van der Waals surface area contributed by atoms with Crippen LogP contribution in [-0.2, 0) is 4.74 Å². The van der Waals surface area contributed by atoms with Gasteiger partial charge in [-0.1, -0.05) is 39.0 Å². The van der Waals surface area contributed by atoms with E-state index < -0.39 is 0 Å². The van der Waals surface area contributed by atoms with Gasteiger partial charge in [0.1, 0.15) is 0 Å². The molecule has 0 atom stereocenters. The summed E-state index contributed by atoms with van der Waals surface area (Å²) in [6.07, 6.45) is 7.70. The number of aliphatic hydroxyl groups is 2. The zero-order chi connectivity index (χ0) is 13.5. The van der Waals surface area contributed by atoms with Gasteiger partial charge >= 0.3 is 0 Å². The van der Waals surface area contributed by atoms with Gasteiger partial charge in [0.2, 0.25) is 0 Å². The molecule has 110 valence electrons. The van der Waals surface area contributed by atoms with Gasteiger partial charge in [-0.25, -0.2) is 0 Å². The van der Waals surface area contributed by atoms with Crippen LogP contribution < -0.4 is 0 Å². The number of hydrogen-bond donors (Lipinski definition) is 2. The number of nitrogens with zero attached hydrogens (tertiary/aromatic N) is 1. The lowest BCUT2D eigenvalue weighted by Gasteiger charge is -2.19. The normalized spacial score (nSPS) is 11.3. The molecule has 0 spiro atoms. The lowest BCUT2D eigenvalue weighted by Crippen LogP contribution is -2.33. The van der Waals surface area contributed by atoms with E-state index in [1.807, 2.05) is 4.90 Å². The molecule has 0 aromatic heterocycles. The Morgan fingerprint density at radius 3 is 2.00 bits per heavy atom. The maximum absolute atomic E-state index is 8.84. The Morgan fingerprint density at radius 1 is 0.778 bits per heavy atom. The summed E-state index contributed by atoms with van der Waals surface area (Å²) >= 11 is 0. The number of rotatable bonds is 14. The maximum Gasteiger partial charge on any atom is 0.0593 e. The summed E-state index contributed by atoms with van der Waals surface area (Å²) in [5.74, 6) is 0. The van der Waals surface area contributed by atoms with Gasteiger partial charge in [-0.05, 0) is 6.42 Å². The van der Waals surface area contributed by atoms with Crippen LogP contribution in [0.2, 0.25) is 0 Å². The first-order valence-electron chi connectivity index (χ1n) is 7.37. The zero-order valence-corrected chi connectivity index (χ0v) is 11.9. The second-order valence-electron chi connectivity index (χ2n) is 4.67. The van der Waals surface area contributed by atoms with Gasteiger partial charge in [0.05, 0.1) is 19.8 Å². The van der Waals surface area contributed by atoms with E-state index in [9.17, 15) is 0 Å². The van der Waals surface area contributed by atoms with E-state index >= 15 is 0 Å². The fourth-order valence-corrected chi connectivity index (χ4v) is 1.90. The molecule has 0 unspecified atom stereocenters. The zero-order valence-electron chi connectivity index (χ0n) is 11.9. The molecule has 0 saturated carbocycles. The highest BCUT2D eigenvalue weighted by atomic mass is 16.5. The van der Waals surface area contributed by atoms with Crippen molar-refractivity contribution in [1.82, 2.24) is 4.90 Å². The molecular formula is C14H31NO3. The Hall–Kier alpha value is -0.160. The van der Waals surface area contributed by atoms with Crippen molar-refractivity contribution in [2.75, 3.05) is 46.1 Å². The second-order valence-corrected chi connectivity index (χ2v) is 4.67. The Labute approximate surface area is 112 Å². The molecule has 0 aliphatic rings. The van der Waals surface area contributed by atoms with Crippen molar-refractivity contribution in [1.29, 1.82) is 0 Å². The van der Waals surface area contributed by atoms with Crippen molar-refractivity contribution >= 4 is 0 Å². The lowest BCUT2D eigenvalue weighted by molar-refractivity contribution is 0.0849. The van der Waals surface area contributed by atoms with Gasteiger partial charge in [0, 0.05) is 26.2 Å². The van der Waals surface area contributed by atoms with E-state index in [-0.39, 0.29) is 13.2 Å². The predicted molar refractivity (Wildman–Crippen MR) is 74.8 cm³/mol. The minimum Gasteiger partial charge on any atom is -0.395 e. The van der Waals surface area contributed by atoms with Crippen LogP contribution in [0.1, 0.15) is 45.4 Å². The Morgan fingerprint density at radius 2 is 1.39 bits per heavy atom. The number of ether oxygens (including phenoxy) is 1. The number of hydrogen-bond acceptors (Lipinski definition) is 4. The van der Waals surface area contributed by atoms with E-state index in [0.29, 0.717) is 19.7 Å². The maximum atomic E-state index is 8.84. The topological polar surface area (TPSA) is 52.9 Å². The van der Waals surface area contributed by atoms with Crippen molar-refractivity contribution in [2.45, 2.75) is 45.4 Å². The molecule has 0 amide bonds. The van der Waals surface area contributed by atoms with E-state index in [0.717, 1.165) is 19.6 Å². The average molecular weight is 261 g/mol. The molecule has 0 aliphatic heterocycles. The first-order chi connectivity index (χ1) is 8.85. The Kier molecular flexibility index (Phi) is 14.8. The van der Waals surface area contributed by atoms with Crippen molar-refractivity contribution < 1.29 is 14.9 Å². The van der Waals surface area contributed by atoms with Gasteiger partial charge in [-0.3, -0.25) is 4.90 Å². The average Bonchev–Trinajstić information content (AvgIpc) is 2.37. The molecule has 0 aromatic rings. The molecule has 4 heteroatoms. The van der Waals surface area contributed by atoms with Gasteiger partial charge < -0.3 is 14.9 Å². The SMILES string of the molecule is CCCCCCCCOCCN(CCO)CCO. The van der Waals surface area contributed by atoms with E-state index in [4.69, 9.17) is 14.9 Å². The highest BCUT2D eigenvalue weighted by Gasteiger charge is 2.02. The molecule has 0 aliphatic carbocycles. The summed E-state index contributed by atoms with van der Waals surface area (Å²) in [6, 6.07) is 0. The molecule has 0 radical (unpaired) electrons. The minimum absolute atomic E-state index is 0.136. The molecule has 0 rings (SSSR count). The lowest BCUT2D eigenvalue weighted by atomic mass is 10.1. The quantitative estimate of drug-likeness (QED) is 0.467. The first kappa shape index (κ1) is 17.8. The summed E-state index contributed by atoms with van der Waals surface area (Å²) in [5, 5.41) is 17.7. The Balaban J connectivity index is 3.21. The third kappa shape index (κ3) is 12.3. The summed E-state index contributed by atoms with van der Waals surface area (Å²) in [6.45, 7) is 6.04. The van der Waals surface area contributed by atoms with Crippen molar-refractivity contribution in [3.63, 3.8) is 0 Å². The molecule has 0 bridgehead atoms. The van der Waals surface area contributed by atoms with Gasteiger partial charge in [0.15, 0.2) is 0 Å². The van der Waals surface area contributed by atoms with Crippen LogP contribution in [0, 0.1) is 0 Å². The van der Waals surface area contributed by atoms with Crippen LogP contribution in [0.15, 0.2) is 0 Å². The van der Waals surface area contributed by atoms with E-state index in [1.54, 1.807) is 0 Å². The van der Waals surface area contributed by atoms with Gasteiger partial charge in [-0.15, -0.1) is 0 Å². The molecule has 0 saturated heterocycles. The third-order valence-electron chi connectivity index (χ3n) is 3.03. The molecule has 18 heavy (non-hydrogen) atoms. The fraction of sp³-hybridized carbons (Fsp3) is 1.00. The Bertz CT molecular complexity index is 150. The number of unbranched alkanes of at least 4 members (excludes halogenated alkanes) is 5. The van der Waals surface area contributed by atoms with Crippen molar-refractivity contribution in [3.8, 4) is 0 Å². The summed E-state index contributed by atoms with van der Waals surface area (Å²) in [5.41, 5.74) is 0. The van der Waals surface area contributed by atoms with Gasteiger partial charge in [0.25, 0.3) is 0 Å². The minimum atomic E-state index is 0.136. The highest BCUT2D eigenvalue weighted by molar-refractivity contribution is 4.55. The van der Waals surface area contributed by atoms with Crippen LogP contribution >= 0.6 is 0 Å². The van der Waals surface area contributed by atoms with E-state index in [2.05, 4.69) is 6.92 Å². The van der Waals surface area contributed by atoms with Crippen molar-refractivity contribution in [3.05, 3.63) is 0 Å². The van der Waals surface area contributed by atoms with Crippen LogP contribution in [0.25, 0.3) is 0 Å². The third-order valence-corrected chi connectivity index (χ3v) is 3.03. The molecular weight excluding hydrogens is 230 g/mol. The summed E-state index contributed by atoms with van der Waals surface area (Å²) < 4.78 is 5.56. The highest BCUT2D eigenvalue weighted by Crippen LogP contribution is 2.04. The van der Waals surface area contributed by atoms with E-state index in [1.165, 1.54) is 32.1 Å². The van der Waals surface area contributed by atoms with Crippen LogP contribution in [0.3, 0.4) is 0 Å². The largest absolute Gasteiger partial charge is 0.395 e. The van der Waals surface area contributed by atoms with Crippen LogP contribution in [-0.4, -0.2) is 61.2 Å². The molecule has 0 fully saturated rings. The van der Waals surface area contributed by atoms with Crippen molar-refractivity contribution in [2.24, 2.45) is 0 Å². The first-order valence-corrected chi connectivity index (χ1v) is 7.37. The van der Waals surface area contributed by atoms with Gasteiger partial charge in [-0.2, -0.15) is 0 Å². The monoisotopic (exact) mass is 261 g/mol. The molecule has 0 heterocycles. The predicted octanol–water partition coefficient (Wildman–Crippen LogP) is 1.65. The number of aliphatic hydroxyl groups excluding tert-OH is 2. The molecule has 2 N–H and O–H groups in total. The standard InChI is InChI=1S/C14H31NO3/c1-2-3-4-5-6-7-13-18-14-10-15(8-11-16)9-12-17/h16-17H,2-14H2,1H3. The smallest absolute Gasteiger partial charge is 0.0593 e. The summed E-state index contributed by atoms with van der Waals surface area (Å²) in [7, 11) is 0. The summed E-state index contributed by atoms with van der Waals surface area (Å²) in [4.78, 5) is 2.02.